The van der Waals surface area contributed by atoms with Gasteiger partial charge < -0.3 is 15.8 Å². The normalized spacial score (nSPS) is 11.1. The molecule has 2 amide bonds. The summed E-state index contributed by atoms with van der Waals surface area (Å²) in [6.45, 7) is 4.99. The summed E-state index contributed by atoms with van der Waals surface area (Å²) in [5.74, 6) is -4.55. The second-order valence-electron chi connectivity index (χ2n) is 6.26. The zero-order valence-corrected chi connectivity index (χ0v) is 13.9. The number of carbonyl (C=O) groups excluding carboxylic acids is 2. The van der Waals surface area contributed by atoms with Crippen LogP contribution >= 0.6 is 0 Å². The monoisotopic (exact) mass is 349 g/mol. The summed E-state index contributed by atoms with van der Waals surface area (Å²) in [5, 5.41) is 2.48. The minimum absolute atomic E-state index is 0.0851. The lowest BCUT2D eigenvalue weighted by atomic mass is 9.95. The number of nitrogens with two attached hydrogens (primary N) is 1. The fourth-order valence-corrected chi connectivity index (χ4v) is 1.81. The third-order valence-corrected chi connectivity index (χ3v) is 3.20. The molecule has 0 saturated heterocycles. The van der Waals surface area contributed by atoms with Crippen LogP contribution in [0.15, 0.2) is 30.5 Å². The van der Waals surface area contributed by atoms with Crippen LogP contribution in [-0.4, -0.2) is 16.8 Å². The molecule has 0 atom stereocenters. The molecule has 0 fully saturated rings. The van der Waals surface area contributed by atoms with Gasteiger partial charge in [0.1, 0.15) is 0 Å². The van der Waals surface area contributed by atoms with Crippen LogP contribution in [-0.2, 0) is 4.79 Å². The lowest BCUT2D eigenvalue weighted by Crippen LogP contribution is -2.28. The Morgan fingerprint density at radius 2 is 1.88 bits per heavy atom. The van der Waals surface area contributed by atoms with E-state index >= 15 is 0 Å². The molecule has 132 valence electrons. The van der Waals surface area contributed by atoms with Crippen LogP contribution in [0.3, 0.4) is 0 Å². The van der Waals surface area contributed by atoms with E-state index in [0.717, 1.165) is 12.1 Å². The number of anilines is 1. The predicted octanol–water partition coefficient (Wildman–Crippen LogP) is 3.24. The van der Waals surface area contributed by atoms with Gasteiger partial charge in [0, 0.05) is 11.6 Å². The van der Waals surface area contributed by atoms with E-state index in [4.69, 9.17) is 10.5 Å². The van der Waals surface area contributed by atoms with Gasteiger partial charge in [0.25, 0.3) is 5.91 Å². The Morgan fingerprint density at radius 1 is 1.20 bits per heavy atom. The van der Waals surface area contributed by atoms with Gasteiger partial charge in [0.2, 0.25) is 11.7 Å². The van der Waals surface area contributed by atoms with Gasteiger partial charge in [0.15, 0.2) is 23.0 Å². The van der Waals surface area contributed by atoms with Gasteiger partial charge in [-0.15, -0.1) is 0 Å². The molecule has 1 heterocycles. The van der Waals surface area contributed by atoms with Crippen molar-refractivity contribution in [1.82, 2.24) is 4.98 Å². The van der Waals surface area contributed by atoms with Crippen LogP contribution in [0.1, 0.15) is 31.3 Å². The molecule has 6 nitrogen and oxygen atoms in total. The third-order valence-electron chi connectivity index (χ3n) is 3.20. The molecule has 2 aromatic rings. The molecular weight excluding hydrogens is 332 g/mol. The Kier molecular flexibility index (Phi) is 5.01. The number of rotatable bonds is 4. The summed E-state index contributed by atoms with van der Waals surface area (Å²) in [6, 6.07) is 4.79. The predicted molar refractivity (Wildman–Crippen MR) is 87.3 cm³/mol. The largest absolute Gasteiger partial charge is 0.449 e. The SMILES string of the molecule is CC(C)(C)C(=O)Nc1ccc(F)c(F)c1Oc1cccnc1C(N)=O. The standard InChI is InChI=1S/C17H17F2N3O3/c1-17(2,3)16(24)22-10-7-6-9(18)12(19)14(10)25-11-5-4-8-21-13(11)15(20)23/h4-8H,1-3H3,(H2,20,23)(H,22,24). The van der Waals surface area contributed by atoms with E-state index in [1.165, 1.54) is 18.3 Å². The maximum atomic E-state index is 14.2. The van der Waals surface area contributed by atoms with Crippen LogP contribution in [0, 0.1) is 17.0 Å². The van der Waals surface area contributed by atoms with E-state index in [9.17, 15) is 18.4 Å². The molecular formula is C17H17F2N3O3. The van der Waals surface area contributed by atoms with E-state index in [1.54, 1.807) is 20.8 Å². The van der Waals surface area contributed by atoms with Crippen molar-refractivity contribution in [1.29, 1.82) is 0 Å². The fourth-order valence-electron chi connectivity index (χ4n) is 1.81. The van der Waals surface area contributed by atoms with Gasteiger partial charge in [0.05, 0.1) is 5.69 Å². The average Bonchev–Trinajstić information content (AvgIpc) is 2.53. The molecule has 1 aromatic heterocycles. The van der Waals surface area contributed by atoms with Gasteiger partial charge in [-0.05, 0) is 24.3 Å². The molecule has 8 heteroatoms. The van der Waals surface area contributed by atoms with Crippen LogP contribution in [0.2, 0.25) is 0 Å². The van der Waals surface area contributed by atoms with E-state index in [1.807, 2.05) is 0 Å². The lowest BCUT2D eigenvalue weighted by Gasteiger charge is -2.20. The van der Waals surface area contributed by atoms with Crippen molar-refractivity contribution in [2.75, 3.05) is 5.32 Å². The topological polar surface area (TPSA) is 94.3 Å². The molecule has 1 aromatic carbocycles. The second-order valence-corrected chi connectivity index (χ2v) is 6.26. The zero-order valence-electron chi connectivity index (χ0n) is 13.9. The summed E-state index contributed by atoms with van der Waals surface area (Å²) in [7, 11) is 0. The highest BCUT2D eigenvalue weighted by Crippen LogP contribution is 2.35. The molecule has 25 heavy (non-hydrogen) atoms. The first-order chi connectivity index (χ1) is 11.6. The van der Waals surface area contributed by atoms with Gasteiger partial charge in [-0.2, -0.15) is 4.39 Å². The molecule has 0 aliphatic heterocycles. The first kappa shape index (κ1) is 18.3. The Bertz CT molecular complexity index is 832. The number of halogens is 2. The first-order valence-electron chi connectivity index (χ1n) is 7.33. The summed E-state index contributed by atoms with van der Waals surface area (Å²) in [4.78, 5) is 27.3. The van der Waals surface area contributed by atoms with Gasteiger partial charge in [-0.3, -0.25) is 9.59 Å². The minimum atomic E-state index is -1.31. The number of primary amides is 1. The molecule has 0 aliphatic carbocycles. The highest BCUT2D eigenvalue weighted by molar-refractivity contribution is 5.96. The fraction of sp³-hybridized carbons (Fsp3) is 0.235. The maximum Gasteiger partial charge on any atom is 0.271 e. The van der Waals surface area contributed by atoms with E-state index < -0.39 is 34.6 Å². The third kappa shape index (κ3) is 4.09. The number of benzene rings is 1. The summed E-state index contributed by atoms with van der Waals surface area (Å²) in [5.41, 5.74) is 4.09. The van der Waals surface area contributed by atoms with Gasteiger partial charge in [-0.25, -0.2) is 9.37 Å². The van der Waals surface area contributed by atoms with Crippen LogP contribution in [0.25, 0.3) is 0 Å². The number of ether oxygens (including phenoxy) is 1. The zero-order chi connectivity index (χ0) is 18.8. The van der Waals surface area contributed by atoms with Crippen molar-refractivity contribution in [3.8, 4) is 11.5 Å². The summed E-state index contributed by atoms with van der Waals surface area (Å²) >= 11 is 0. The van der Waals surface area contributed by atoms with Crippen LogP contribution in [0.5, 0.6) is 11.5 Å². The average molecular weight is 349 g/mol. The number of hydrogen-bond acceptors (Lipinski definition) is 4. The molecule has 0 spiro atoms. The molecule has 0 aliphatic rings. The smallest absolute Gasteiger partial charge is 0.271 e. The lowest BCUT2D eigenvalue weighted by molar-refractivity contribution is -0.123. The number of pyridine rings is 1. The molecule has 3 N–H and O–H groups in total. The highest BCUT2D eigenvalue weighted by atomic mass is 19.2. The summed E-state index contributed by atoms with van der Waals surface area (Å²) in [6.07, 6.45) is 1.30. The molecule has 0 saturated carbocycles. The Morgan fingerprint density at radius 3 is 2.48 bits per heavy atom. The van der Waals surface area contributed by atoms with Crippen LogP contribution in [0.4, 0.5) is 14.5 Å². The second kappa shape index (κ2) is 6.84. The number of nitrogens with one attached hydrogen (secondary N) is 1. The van der Waals surface area contributed by atoms with Crippen LogP contribution < -0.4 is 15.8 Å². The summed E-state index contributed by atoms with van der Waals surface area (Å²) < 4.78 is 33.2. The van der Waals surface area contributed by atoms with Crippen molar-refractivity contribution >= 4 is 17.5 Å². The number of carbonyl (C=O) groups is 2. The van der Waals surface area contributed by atoms with E-state index in [0.29, 0.717) is 0 Å². The number of nitrogens with zero attached hydrogens (tertiary/aromatic N) is 1. The van der Waals surface area contributed by atoms with Crippen molar-refractivity contribution in [3.63, 3.8) is 0 Å². The Hall–Kier alpha value is -3.03. The van der Waals surface area contributed by atoms with Gasteiger partial charge in [-0.1, -0.05) is 20.8 Å². The van der Waals surface area contributed by atoms with Crippen molar-refractivity contribution < 1.29 is 23.1 Å². The molecule has 2 rings (SSSR count). The Balaban J connectivity index is 2.48. The number of amides is 2. The number of hydrogen-bond donors (Lipinski definition) is 2. The van der Waals surface area contributed by atoms with Gasteiger partial charge >= 0.3 is 0 Å². The van der Waals surface area contributed by atoms with Crippen molar-refractivity contribution in [2.24, 2.45) is 11.1 Å². The molecule has 0 bridgehead atoms. The first-order valence-corrected chi connectivity index (χ1v) is 7.33. The quantitative estimate of drug-likeness (QED) is 0.886. The molecule has 0 unspecified atom stereocenters. The number of aromatic nitrogens is 1. The van der Waals surface area contributed by atoms with Crippen molar-refractivity contribution in [2.45, 2.75) is 20.8 Å². The van der Waals surface area contributed by atoms with E-state index in [2.05, 4.69) is 10.3 Å². The van der Waals surface area contributed by atoms with E-state index in [-0.39, 0.29) is 17.1 Å². The van der Waals surface area contributed by atoms with Crippen molar-refractivity contribution in [3.05, 3.63) is 47.8 Å². The maximum absolute atomic E-state index is 14.2. The molecule has 0 radical (unpaired) electrons. The Labute approximate surface area is 143 Å². The highest BCUT2D eigenvalue weighted by Gasteiger charge is 2.25. The minimum Gasteiger partial charge on any atom is -0.449 e.